The zero-order chi connectivity index (χ0) is 11.3. The van der Waals surface area contributed by atoms with Crippen LogP contribution in [0.25, 0.3) is 0 Å². The van der Waals surface area contributed by atoms with Crippen LogP contribution in [0, 0.1) is 5.92 Å². The van der Waals surface area contributed by atoms with Crippen molar-refractivity contribution in [1.29, 1.82) is 0 Å². The highest BCUT2D eigenvalue weighted by molar-refractivity contribution is 5.46. The van der Waals surface area contributed by atoms with Crippen LogP contribution < -0.4 is 5.32 Å². The Morgan fingerprint density at radius 2 is 2.00 bits per heavy atom. The van der Waals surface area contributed by atoms with E-state index in [4.69, 9.17) is 5.11 Å². The van der Waals surface area contributed by atoms with Gasteiger partial charge < -0.3 is 10.4 Å². The van der Waals surface area contributed by atoms with Gasteiger partial charge in [0, 0.05) is 18.8 Å². The van der Waals surface area contributed by atoms with E-state index in [1.807, 2.05) is 6.92 Å². The van der Waals surface area contributed by atoms with Crippen molar-refractivity contribution in [3.63, 3.8) is 0 Å². The predicted octanol–water partition coefficient (Wildman–Crippen LogP) is 2.85. The smallest absolute Gasteiger partial charge is 0.0473 e. The second kappa shape index (κ2) is 5.76. The second-order valence-electron chi connectivity index (χ2n) is 4.45. The molecular weight excluding hydrogens is 186 g/mol. The van der Waals surface area contributed by atoms with Crippen LogP contribution in [0.15, 0.2) is 24.3 Å². The van der Waals surface area contributed by atoms with E-state index in [2.05, 4.69) is 43.4 Å². The Morgan fingerprint density at radius 3 is 2.60 bits per heavy atom. The third-order valence-electron chi connectivity index (χ3n) is 2.52. The van der Waals surface area contributed by atoms with E-state index in [9.17, 15) is 0 Å². The molecule has 0 saturated carbocycles. The minimum atomic E-state index is 0.233. The maximum atomic E-state index is 8.92. The summed E-state index contributed by atoms with van der Waals surface area (Å²) in [5.74, 6) is 0.856. The Balaban J connectivity index is 2.58. The minimum absolute atomic E-state index is 0.233. The maximum absolute atomic E-state index is 8.92. The van der Waals surface area contributed by atoms with Gasteiger partial charge in [-0.25, -0.2) is 0 Å². The maximum Gasteiger partial charge on any atom is 0.0473 e. The summed E-state index contributed by atoms with van der Waals surface area (Å²) in [6.07, 6.45) is 0. The Bertz CT molecular complexity index is 296. The first-order chi connectivity index (χ1) is 7.13. The molecule has 84 valence electrons. The summed E-state index contributed by atoms with van der Waals surface area (Å²) in [5, 5.41) is 12.2. The van der Waals surface area contributed by atoms with Gasteiger partial charge in [0.05, 0.1) is 0 Å². The van der Waals surface area contributed by atoms with Crippen LogP contribution in [0.2, 0.25) is 0 Å². The van der Waals surface area contributed by atoms with Crippen molar-refractivity contribution in [2.24, 2.45) is 5.92 Å². The van der Waals surface area contributed by atoms with Crippen LogP contribution in [-0.2, 0) is 0 Å². The summed E-state index contributed by atoms with van der Waals surface area (Å²) >= 11 is 0. The molecule has 0 fully saturated rings. The van der Waals surface area contributed by atoms with E-state index in [0.29, 0.717) is 11.8 Å². The number of nitrogens with one attached hydrogen (secondary N) is 1. The van der Waals surface area contributed by atoms with Crippen LogP contribution >= 0.6 is 0 Å². The van der Waals surface area contributed by atoms with Crippen LogP contribution in [0.3, 0.4) is 0 Å². The molecular formula is C13H21NO. The average molecular weight is 207 g/mol. The van der Waals surface area contributed by atoms with Gasteiger partial charge in [-0.2, -0.15) is 0 Å². The van der Waals surface area contributed by atoms with Gasteiger partial charge in [-0.15, -0.1) is 0 Å². The molecule has 1 aromatic carbocycles. The van der Waals surface area contributed by atoms with Gasteiger partial charge in [0.2, 0.25) is 0 Å². The fourth-order valence-electron chi connectivity index (χ4n) is 1.36. The monoisotopic (exact) mass is 207 g/mol. The molecule has 0 aliphatic rings. The van der Waals surface area contributed by atoms with Crippen LogP contribution in [-0.4, -0.2) is 18.3 Å². The summed E-state index contributed by atoms with van der Waals surface area (Å²) in [4.78, 5) is 0. The number of aliphatic hydroxyl groups excluding tert-OH is 1. The standard InChI is InChI=1S/C13H21NO/c1-10(2)12-5-4-6-13(7-12)14-8-11(3)9-15/h4-7,10-11,14-15H,8-9H2,1-3H3. The predicted molar refractivity (Wildman–Crippen MR) is 65.3 cm³/mol. The Kier molecular flexibility index (Phi) is 4.63. The molecule has 15 heavy (non-hydrogen) atoms. The molecule has 2 N–H and O–H groups in total. The Hall–Kier alpha value is -1.02. The Morgan fingerprint density at radius 1 is 1.27 bits per heavy atom. The van der Waals surface area contributed by atoms with E-state index in [0.717, 1.165) is 12.2 Å². The molecule has 0 heterocycles. The molecule has 1 unspecified atom stereocenters. The van der Waals surface area contributed by atoms with E-state index >= 15 is 0 Å². The molecule has 1 aromatic rings. The first-order valence-electron chi connectivity index (χ1n) is 5.58. The van der Waals surface area contributed by atoms with Crippen molar-refractivity contribution in [3.05, 3.63) is 29.8 Å². The molecule has 0 radical (unpaired) electrons. The van der Waals surface area contributed by atoms with Crippen LogP contribution in [0.1, 0.15) is 32.3 Å². The first-order valence-corrected chi connectivity index (χ1v) is 5.58. The lowest BCUT2D eigenvalue weighted by molar-refractivity contribution is 0.244. The van der Waals surface area contributed by atoms with Gasteiger partial charge in [0.25, 0.3) is 0 Å². The Labute approximate surface area is 92.3 Å². The van der Waals surface area contributed by atoms with Gasteiger partial charge in [-0.05, 0) is 29.5 Å². The average Bonchev–Trinajstić information content (AvgIpc) is 2.26. The lowest BCUT2D eigenvalue weighted by Gasteiger charge is -2.13. The summed E-state index contributed by atoms with van der Waals surface area (Å²) in [5.41, 5.74) is 2.48. The number of hydrogen-bond acceptors (Lipinski definition) is 2. The lowest BCUT2D eigenvalue weighted by Crippen LogP contribution is -2.14. The topological polar surface area (TPSA) is 32.3 Å². The molecule has 0 bridgehead atoms. The van der Waals surface area contributed by atoms with Crippen molar-refractivity contribution < 1.29 is 5.11 Å². The number of anilines is 1. The number of benzene rings is 1. The summed E-state index contributed by atoms with van der Waals surface area (Å²) in [6.45, 7) is 7.46. The molecule has 0 aliphatic heterocycles. The van der Waals surface area contributed by atoms with E-state index in [1.54, 1.807) is 0 Å². The molecule has 2 nitrogen and oxygen atoms in total. The largest absolute Gasteiger partial charge is 0.396 e. The fourth-order valence-corrected chi connectivity index (χ4v) is 1.36. The van der Waals surface area contributed by atoms with Crippen molar-refractivity contribution >= 4 is 5.69 Å². The molecule has 2 heteroatoms. The molecule has 0 saturated heterocycles. The fraction of sp³-hybridized carbons (Fsp3) is 0.538. The molecule has 0 aromatic heterocycles. The zero-order valence-corrected chi connectivity index (χ0v) is 9.83. The van der Waals surface area contributed by atoms with E-state index < -0.39 is 0 Å². The highest BCUT2D eigenvalue weighted by Gasteiger charge is 2.02. The van der Waals surface area contributed by atoms with E-state index in [1.165, 1.54) is 5.56 Å². The number of aliphatic hydroxyl groups is 1. The highest BCUT2D eigenvalue weighted by Crippen LogP contribution is 2.18. The van der Waals surface area contributed by atoms with Gasteiger partial charge in [-0.1, -0.05) is 32.9 Å². The molecule has 1 rings (SSSR count). The summed E-state index contributed by atoms with van der Waals surface area (Å²) in [6, 6.07) is 8.46. The van der Waals surface area contributed by atoms with Crippen molar-refractivity contribution in [2.75, 3.05) is 18.5 Å². The molecule has 0 spiro atoms. The highest BCUT2D eigenvalue weighted by atomic mass is 16.3. The molecule has 0 amide bonds. The van der Waals surface area contributed by atoms with Crippen molar-refractivity contribution in [1.82, 2.24) is 0 Å². The third kappa shape index (κ3) is 3.92. The number of hydrogen-bond donors (Lipinski definition) is 2. The minimum Gasteiger partial charge on any atom is -0.396 e. The first kappa shape index (κ1) is 12.1. The summed E-state index contributed by atoms with van der Waals surface area (Å²) < 4.78 is 0. The van der Waals surface area contributed by atoms with Gasteiger partial charge >= 0.3 is 0 Å². The SMILES string of the molecule is CC(CO)CNc1cccc(C(C)C)c1. The van der Waals surface area contributed by atoms with Gasteiger partial charge in [0.15, 0.2) is 0 Å². The van der Waals surface area contributed by atoms with Crippen LogP contribution in [0.4, 0.5) is 5.69 Å². The second-order valence-corrected chi connectivity index (χ2v) is 4.45. The van der Waals surface area contributed by atoms with Crippen molar-refractivity contribution in [3.8, 4) is 0 Å². The van der Waals surface area contributed by atoms with Crippen LogP contribution in [0.5, 0.6) is 0 Å². The number of rotatable bonds is 5. The molecule has 0 aliphatic carbocycles. The van der Waals surface area contributed by atoms with E-state index in [-0.39, 0.29) is 6.61 Å². The normalized spacial score (nSPS) is 12.9. The lowest BCUT2D eigenvalue weighted by atomic mass is 10.0. The van der Waals surface area contributed by atoms with Gasteiger partial charge in [-0.3, -0.25) is 0 Å². The quantitative estimate of drug-likeness (QED) is 0.778. The molecule has 1 atom stereocenters. The zero-order valence-electron chi connectivity index (χ0n) is 9.83. The summed E-state index contributed by atoms with van der Waals surface area (Å²) in [7, 11) is 0. The van der Waals surface area contributed by atoms with Crippen molar-refractivity contribution in [2.45, 2.75) is 26.7 Å². The van der Waals surface area contributed by atoms with Gasteiger partial charge in [0.1, 0.15) is 0 Å². The third-order valence-corrected chi connectivity index (χ3v) is 2.52.